The number of rotatable bonds is 1. The summed E-state index contributed by atoms with van der Waals surface area (Å²) < 4.78 is 0. The third-order valence-electron chi connectivity index (χ3n) is 1.27. The molecule has 0 atom stereocenters. The zero-order chi connectivity index (χ0) is 6.69. The van der Waals surface area contributed by atoms with Crippen LogP contribution in [0.15, 0.2) is 24.3 Å². The Kier molecular flexibility index (Phi) is 2.48. The molecule has 9 heavy (non-hydrogen) atoms. The second kappa shape index (κ2) is 3.18. The molecular weight excluding hydrogens is 192 g/mol. The first-order valence-electron chi connectivity index (χ1n) is 2.94. The molecule has 0 amide bonds. The molecule has 0 bridgehead atoms. The van der Waals surface area contributed by atoms with Gasteiger partial charge in [-0.25, -0.2) is 0 Å². The predicted octanol–water partition coefficient (Wildman–Crippen LogP) is 1.10. The number of hydrogen-bond acceptors (Lipinski definition) is 0. The van der Waals surface area contributed by atoms with E-state index >= 15 is 0 Å². The topological polar surface area (TPSA) is 0 Å². The maximum absolute atomic E-state index is 3.52. The van der Waals surface area contributed by atoms with E-state index in [0.29, 0.717) is 0 Å². The summed E-state index contributed by atoms with van der Waals surface area (Å²) in [4.78, 5) is 0. The van der Waals surface area contributed by atoms with Crippen molar-refractivity contribution >= 4 is 28.6 Å². The first-order valence-corrected chi connectivity index (χ1v) is 7.55. The first-order chi connectivity index (χ1) is 4.33. The number of hydrogen-bond donors (Lipinski definition) is 0. The lowest BCUT2D eigenvalue weighted by molar-refractivity contribution is 1.49. The molecule has 0 aliphatic heterocycles. The Morgan fingerprint density at radius 3 is 2.22 bits per heavy atom. The molecule has 0 fully saturated rings. The summed E-state index contributed by atoms with van der Waals surface area (Å²) in [7, 11) is -0.112. The molecule has 0 radical (unpaired) electrons. The van der Waals surface area contributed by atoms with Crippen molar-refractivity contribution in [2.24, 2.45) is 0 Å². The van der Waals surface area contributed by atoms with E-state index < -0.39 is 0 Å². The van der Waals surface area contributed by atoms with Crippen LogP contribution in [-0.2, 0) is 0 Å². The standard InChI is InChI=1S/C7H9BrSi/c1-6-2-4-7(9-8)5-3-6/h2-5H,9H2,1H3. The molecule has 1 aromatic carbocycles. The minimum absolute atomic E-state index is 0.112. The van der Waals surface area contributed by atoms with Crippen molar-refractivity contribution in [1.82, 2.24) is 0 Å². The summed E-state index contributed by atoms with van der Waals surface area (Å²) in [6.45, 7) is 2.11. The lowest BCUT2D eigenvalue weighted by Crippen LogP contribution is -2.06. The van der Waals surface area contributed by atoms with Gasteiger partial charge in [0.15, 0.2) is 0 Å². The summed E-state index contributed by atoms with van der Waals surface area (Å²) in [5.74, 6) is 0. The van der Waals surface area contributed by atoms with Gasteiger partial charge >= 0.3 is 0 Å². The van der Waals surface area contributed by atoms with Crippen molar-refractivity contribution in [3.05, 3.63) is 29.8 Å². The molecule has 1 rings (SSSR count). The molecule has 0 unspecified atom stereocenters. The highest BCUT2D eigenvalue weighted by Gasteiger charge is 1.86. The van der Waals surface area contributed by atoms with E-state index in [0.717, 1.165) is 0 Å². The Labute approximate surface area is 65.7 Å². The zero-order valence-electron chi connectivity index (χ0n) is 5.39. The van der Waals surface area contributed by atoms with Crippen molar-refractivity contribution in [3.8, 4) is 0 Å². The maximum atomic E-state index is 3.52. The van der Waals surface area contributed by atoms with Crippen LogP contribution in [0.5, 0.6) is 0 Å². The van der Waals surface area contributed by atoms with Crippen LogP contribution in [0.2, 0.25) is 0 Å². The van der Waals surface area contributed by atoms with Crippen LogP contribution in [0.1, 0.15) is 5.56 Å². The maximum Gasteiger partial charge on any atom is 0.130 e. The monoisotopic (exact) mass is 200 g/mol. The fourth-order valence-electron chi connectivity index (χ4n) is 0.677. The van der Waals surface area contributed by atoms with Crippen LogP contribution < -0.4 is 5.19 Å². The van der Waals surface area contributed by atoms with Crippen molar-refractivity contribution < 1.29 is 0 Å². The van der Waals surface area contributed by atoms with Gasteiger partial charge in [-0.05, 0) is 6.92 Å². The van der Waals surface area contributed by atoms with E-state index in [4.69, 9.17) is 0 Å². The highest BCUT2D eigenvalue weighted by Crippen LogP contribution is 1.92. The Hall–Kier alpha value is -0.0831. The molecule has 0 N–H and O–H groups in total. The summed E-state index contributed by atoms with van der Waals surface area (Å²) in [6, 6.07) is 8.69. The quantitative estimate of drug-likeness (QED) is 0.471. The van der Waals surface area contributed by atoms with Crippen LogP contribution in [0, 0.1) is 6.92 Å². The van der Waals surface area contributed by atoms with Gasteiger partial charge in [-0.2, -0.15) is 0 Å². The second-order valence-corrected chi connectivity index (χ2v) is 4.89. The number of benzene rings is 1. The van der Waals surface area contributed by atoms with Crippen LogP contribution >= 0.6 is 15.3 Å². The fourth-order valence-corrected chi connectivity index (χ4v) is 2.21. The Balaban J connectivity index is 2.88. The van der Waals surface area contributed by atoms with Crippen molar-refractivity contribution in [2.45, 2.75) is 6.92 Å². The molecule has 0 saturated carbocycles. The highest BCUT2D eigenvalue weighted by atomic mass is 79.9. The van der Waals surface area contributed by atoms with Crippen molar-refractivity contribution in [1.29, 1.82) is 0 Å². The normalized spacial score (nSPS) is 10.9. The molecule has 0 heterocycles. The smallest absolute Gasteiger partial charge is 0.129 e. The zero-order valence-corrected chi connectivity index (χ0v) is 8.39. The van der Waals surface area contributed by atoms with E-state index in [2.05, 4.69) is 46.5 Å². The average molecular weight is 201 g/mol. The highest BCUT2D eigenvalue weighted by molar-refractivity contribution is 9.23. The van der Waals surface area contributed by atoms with Gasteiger partial charge in [0.2, 0.25) is 0 Å². The van der Waals surface area contributed by atoms with E-state index in [1.54, 1.807) is 0 Å². The summed E-state index contributed by atoms with van der Waals surface area (Å²) in [5, 5.41) is 1.47. The van der Waals surface area contributed by atoms with Gasteiger partial charge in [0, 0.05) is 0 Å². The largest absolute Gasteiger partial charge is 0.130 e. The molecule has 0 aromatic heterocycles. The van der Waals surface area contributed by atoms with Crippen LogP contribution in [0.4, 0.5) is 0 Å². The Morgan fingerprint density at radius 2 is 1.78 bits per heavy atom. The number of aryl methyl sites for hydroxylation is 1. The van der Waals surface area contributed by atoms with Crippen LogP contribution in [-0.4, -0.2) is 8.14 Å². The lowest BCUT2D eigenvalue weighted by Gasteiger charge is -1.93. The van der Waals surface area contributed by atoms with Gasteiger partial charge in [-0.3, -0.25) is 0 Å². The average Bonchev–Trinajstić information content (AvgIpc) is 1.90. The van der Waals surface area contributed by atoms with Gasteiger partial charge in [-0.15, -0.1) is 15.3 Å². The molecule has 48 valence electrons. The van der Waals surface area contributed by atoms with Gasteiger partial charge in [0.1, 0.15) is 8.14 Å². The lowest BCUT2D eigenvalue weighted by atomic mass is 10.2. The van der Waals surface area contributed by atoms with Gasteiger partial charge in [-0.1, -0.05) is 35.0 Å². The molecule has 2 heteroatoms. The van der Waals surface area contributed by atoms with Crippen molar-refractivity contribution in [3.63, 3.8) is 0 Å². The molecule has 0 saturated heterocycles. The van der Waals surface area contributed by atoms with Crippen molar-refractivity contribution in [2.75, 3.05) is 0 Å². The van der Waals surface area contributed by atoms with Crippen LogP contribution in [0.3, 0.4) is 0 Å². The summed E-state index contributed by atoms with van der Waals surface area (Å²) in [6.07, 6.45) is 0. The van der Waals surface area contributed by atoms with E-state index in [1.165, 1.54) is 10.8 Å². The number of halogens is 1. The molecule has 0 aliphatic carbocycles. The second-order valence-electron chi connectivity index (χ2n) is 2.12. The third-order valence-corrected chi connectivity index (χ3v) is 4.00. The SMILES string of the molecule is Cc1ccc([SiH2]Br)cc1. The summed E-state index contributed by atoms with van der Waals surface area (Å²) >= 11 is 3.52. The van der Waals surface area contributed by atoms with Crippen LogP contribution in [0.25, 0.3) is 0 Å². The minimum Gasteiger partial charge on any atom is -0.129 e. The fraction of sp³-hybridized carbons (Fsp3) is 0.143. The van der Waals surface area contributed by atoms with E-state index in [1.807, 2.05) is 0 Å². The van der Waals surface area contributed by atoms with Gasteiger partial charge in [0.25, 0.3) is 0 Å². The molecular formula is C7H9BrSi. The molecule has 0 aliphatic rings. The minimum atomic E-state index is -0.112. The third kappa shape index (κ3) is 1.95. The van der Waals surface area contributed by atoms with E-state index in [9.17, 15) is 0 Å². The summed E-state index contributed by atoms with van der Waals surface area (Å²) in [5.41, 5.74) is 1.34. The first kappa shape index (κ1) is 7.03. The molecule has 0 spiro atoms. The Morgan fingerprint density at radius 1 is 1.22 bits per heavy atom. The van der Waals surface area contributed by atoms with Gasteiger partial charge in [0.05, 0.1) is 0 Å². The predicted molar refractivity (Wildman–Crippen MR) is 48.3 cm³/mol. The Bertz CT molecular complexity index is 181. The van der Waals surface area contributed by atoms with Gasteiger partial charge < -0.3 is 0 Å². The molecule has 0 nitrogen and oxygen atoms in total. The molecule has 1 aromatic rings. The van der Waals surface area contributed by atoms with E-state index in [-0.39, 0.29) is 8.14 Å².